The molecule has 1 aromatic heterocycles. The van der Waals surface area contributed by atoms with Gasteiger partial charge in [-0.25, -0.2) is 0 Å². The van der Waals surface area contributed by atoms with Crippen LogP contribution in [0.5, 0.6) is 0 Å². The summed E-state index contributed by atoms with van der Waals surface area (Å²) in [4.78, 5) is 1.53. The van der Waals surface area contributed by atoms with Crippen molar-refractivity contribution in [2.24, 2.45) is 18.4 Å². The van der Waals surface area contributed by atoms with E-state index >= 15 is 0 Å². The molecule has 2 heterocycles. The van der Waals surface area contributed by atoms with Gasteiger partial charge in [0.25, 0.3) is 0 Å². The topological polar surface area (TPSA) is 64.9 Å². The molecule has 0 spiro atoms. The fraction of sp³-hybridized carbons (Fsp3) is 0.923. The van der Waals surface area contributed by atoms with Gasteiger partial charge in [0.15, 0.2) is 5.82 Å². The van der Waals surface area contributed by atoms with Gasteiger partial charge in [0.1, 0.15) is 0 Å². The molecule has 1 fully saturated rings. The summed E-state index contributed by atoms with van der Waals surface area (Å²) in [7, 11) is 1.81. The molecule has 0 atom stereocenters. The minimum atomic E-state index is 0.218. The first-order valence-electron chi connectivity index (χ1n) is 7.11. The summed E-state index contributed by atoms with van der Waals surface area (Å²) in [5, 5.41) is 16.0. The van der Waals surface area contributed by atoms with E-state index in [0.717, 1.165) is 51.4 Å². The molecule has 0 bridgehead atoms. The van der Waals surface area contributed by atoms with Crippen molar-refractivity contribution in [1.29, 1.82) is 0 Å². The number of hydrogen-bond donors (Lipinski definition) is 1. The zero-order chi connectivity index (χ0) is 13.7. The number of rotatable bonds is 6. The second kappa shape index (κ2) is 6.43. The molecule has 108 valence electrons. The predicted molar refractivity (Wildman–Crippen MR) is 72.7 cm³/mol. The number of ether oxygens (including phenoxy) is 1. The van der Waals surface area contributed by atoms with Crippen molar-refractivity contribution in [1.82, 2.24) is 25.5 Å². The summed E-state index contributed by atoms with van der Waals surface area (Å²) in [5.41, 5.74) is 0.218. The molecule has 6 heteroatoms. The second-order valence-corrected chi connectivity index (χ2v) is 6.01. The van der Waals surface area contributed by atoms with Crippen LogP contribution in [0.25, 0.3) is 0 Å². The first kappa shape index (κ1) is 14.4. The van der Waals surface area contributed by atoms with Crippen LogP contribution < -0.4 is 5.32 Å². The van der Waals surface area contributed by atoms with Gasteiger partial charge in [-0.2, -0.15) is 4.80 Å². The van der Waals surface area contributed by atoms with Crippen molar-refractivity contribution in [3.8, 4) is 0 Å². The minimum Gasteiger partial charge on any atom is -0.381 e. The standard InChI is InChI=1S/C13H25N5O/c1-11(2)9-14-10-13(4-6-19-7-5-13)8-12-15-17-18(3)16-12/h11,14H,4-10H2,1-3H3. The Morgan fingerprint density at radius 3 is 2.68 bits per heavy atom. The van der Waals surface area contributed by atoms with Gasteiger partial charge in [-0.15, -0.1) is 10.2 Å². The lowest BCUT2D eigenvalue weighted by atomic mass is 9.77. The largest absolute Gasteiger partial charge is 0.381 e. The molecule has 2 rings (SSSR count). The number of nitrogens with zero attached hydrogens (tertiary/aromatic N) is 4. The van der Waals surface area contributed by atoms with Crippen LogP contribution in [0.15, 0.2) is 0 Å². The number of nitrogens with one attached hydrogen (secondary N) is 1. The van der Waals surface area contributed by atoms with Gasteiger partial charge in [0.05, 0.1) is 7.05 Å². The Bertz CT molecular complexity index is 384. The normalized spacial score (nSPS) is 18.9. The Balaban J connectivity index is 1.97. The highest BCUT2D eigenvalue weighted by Crippen LogP contribution is 2.32. The van der Waals surface area contributed by atoms with Crippen molar-refractivity contribution in [3.05, 3.63) is 5.82 Å². The molecular formula is C13H25N5O. The van der Waals surface area contributed by atoms with Crippen LogP contribution in [0.2, 0.25) is 0 Å². The van der Waals surface area contributed by atoms with Gasteiger partial charge < -0.3 is 10.1 Å². The van der Waals surface area contributed by atoms with Crippen LogP contribution in [0.4, 0.5) is 0 Å². The average molecular weight is 267 g/mol. The molecule has 0 saturated carbocycles. The SMILES string of the molecule is CC(C)CNCC1(Cc2nnn(C)n2)CCOCC1. The van der Waals surface area contributed by atoms with Crippen LogP contribution in [0, 0.1) is 11.3 Å². The molecule has 19 heavy (non-hydrogen) atoms. The van der Waals surface area contributed by atoms with Crippen molar-refractivity contribution in [3.63, 3.8) is 0 Å². The lowest BCUT2D eigenvalue weighted by Gasteiger charge is -2.36. The monoisotopic (exact) mass is 267 g/mol. The Kier molecular flexibility index (Phi) is 4.87. The highest BCUT2D eigenvalue weighted by atomic mass is 16.5. The lowest BCUT2D eigenvalue weighted by molar-refractivity contribution is 0.0137. The van der Waals surface area contributed by atoms with E-state index in [4.69, 9.17) is 4.74 Å². The van der Waals surface area contributed by atoms with Gasteiger partial charge in [-0.1, -0.05) is 13.8 Å². The highest BCUT2D eigenvalue weighted by molar-refractivity contribution is 4.93. The van der Waals surface area contributed by atoms with Crippen molar-refractivity contribution in [2.45, 2.75) is 33.1 Å². The van der Waals surface area contributed by atoms with E-state index in [1.54, 1.807) is 0 Å². The van der Waals surface area contributed by atoms with E-state index in [1.807, 2.05) is 7.05 Å². The van der Waals surface area contributed by atoms with E-state index in [-0.39, 0.29) is 5.41 Å². The summed E-state index contributed by atoms with van der Waals surface area (Å²) in [6.45, 7) is 8.19. The Labute approximate surface area is 114 Å². The molecule has 6 nitrogen and oxygen atoms in total. The van der Waals surface area contributed by atoms with Crippen LogP contribution in [-0.2, 0) is 18.2 Å². The molecule has 1 saturated heterocycles. The highest BCUT2D eigenvalue weighted by Gasteiger charge is 2.34. The molecule has 0 amide bonds. The smallest absolute Gasteiger partial charge is 0.175 e. The summed E-state index contributed by atoms with van der Waals surface area (Å²) < 4.78 is 5.51. The maximum Gasteiger partial charge on any atom is 0.175 e. The first-order chi connectivity index (χ1) is 9.10. The fourth-order valence-electron chi connectivity index (χ4n) is 2.58. The molecule has 0 unspecified atom stereocenters. The summed E-state index contributed by atoms with van der Waals surface area (Å²) in [5.74, 6) is 1.52. The third-order valence-electron chi connectivity index (χ3n) is 3.69. The lowest BCUT2D eigenvalue weighted by Crippen LogP contribution is -2.42. The third kappa shape index (κ3) is 4.24. The average Bonchev–Trinajstić information content (AvgIpc) is 2.75. The molecule has 0 radical (unpaired) electrons. The Morgan fingerprint density at radius 1 is 1.37 bits per heavy atom. The molecule has 0 aliphatic carbocycles. The first-order valence-corrected chi connectivity index (χ1v) is 7.11. The van der Waals surface area contributed by atoms with E-state index in [9.17, 15) is 0 Å². The van der Waals surface area contributed by atoms with E-state index in [0.29, 0.717) is 5.92 Å². The second-order valence-electron chi connectivity index (χ2n) is 6.01. The van der Waals surface area contributed by atoms with Crippen LogP contribution in [-0.4, -0.2) is 46.5 Å². The summed E-state index contributed by atoms with van der Waals surface area (Å²) >= 11 is 0. The van der Waals surface area contributed by atoms with E-state index in [2.05, 4.69) is 34.6 Å². The Morgan fingerprint density at radius 2 is 2.11 bits per heavy atom. The van der Waals surface area contributed by atoms with Crippen LogP contribution >= 0.6 is 0 Å². The van der Waals surface area contributed by atoms with Crippen LogP contribution in [0.3, 0.4) is 0 Å². The molecule has 1 aromatic rings. The van der Waals surface area contributed by atoms with Crippen molar-refractivity contribution < 1.29 is 4.74 Å². The van der Waals surface area contributed by atoms with Gasteiger partial charge in [0, 0.05) is 26.2 Å². The number of hydrogen-bond acceptors (Lipinski definition) is 5. The molecular weight excluding hydrogens is 242 g/mol. The van der Waals surface area contributed by atoms with Crippen molar-refractivity contribution in [2.75, 3.05) is 26.3 Å². The van der Waals surface area contributed by atoms with Crippen molar-refractivity contribution >= 4 is 0 Å². The number of aromatic nitrogens is 4. The van der Waals surface area contributed by atoms with Gasteiger partial charge in [-0.05, 0) is 35.9 Å². The molecule has 0 aromatic carbocycles. The zero-order valence-electron chi connectivity index (χ0n) is 12.2. The summed E-state index contributed by atoms with van der Waals surface area (Å²) in [6, 6.07) is 0. The minimum absolute atomic E-state index is 0.218. The number of aryl methyl sites for hydroxylation is 1. The maximum absolute atomic E-state index is 5.51. The van der Waals surface area contributed by atoms with Gasteiger partial charge in [0.2, 0.25) is 0 Å². The fourth-order valence-corrected chi connectivity index (χ4v) is 2.58. The zero-order valence-corrected chi connectivity index (χ0v) is 12.2. The van der Waals surface area contributed by atoms with Crippen LogP contribution in [0.1, 0.15) is 32.5 Å². The number of tetrazole rings is 1. The molecule has 1 aliphatic rings. The van der Waals surface area contributed by atoms with Gasteiger partial charge in [-0.3, -0.25) is 0 Å². The van der Waals surface area contributed by atoms with E-state index in [1.165, 1.54) is 4.80 Å². The van der Waals surface area contributed by atoms with E-state index < -0.39 is 0 Å². The summed E-state index contributed by atoms with van der Waals surface area (Å²) in [6.07, 6.45) is 3.02. The van der Waals surface area contributed by atoms with Gasteiger partial charge >= 0.3 is 0 Å². The predicted octanol–water partition coefficient (Wildman–Crippen LogP) is 0.795. The molecule has 1 aliphatic heterocycles. The Hall–Kier alpha value is -1.01. The maximum atomic E-state index is 5.51. The molecule has 1 N–H and O–H groups in total. The third-order valence-corrected chi connectivity index (χ3v) is 3.69. The quantitative estimate of drug-likeness (QED) is 0.825.